The Morgan fingerprint density at radius 3 is 2.81 bits per heavy atom. The Kier molecular flexibility index (Phi) is 6.07. The van der Waals surface area contributed by atoms with E-state index in [1.165, 1.54) is 32.1 Å². The summed E-state index contributed by atoms with van der Waals surface area (Å²) < 4.78 is 11.6. The molecule has 3 atom stereocenters. The zero-order chi connectivity index (χ0) is 15.2. The van der Waals surface area contributed by atoms with Crippen LogP contribution in [0.4, 0.5) is 0 Å². The van der Waals surface area contributed by atoms with E-state index in [0.29, 0.717) is 12.7 Å². The third-order valence-electron chi connectivity index (χ3n) is 4.62. The van der Waals surface area contributed by atoms with Gasteiger partial charge in [0.1, 0.15) is 5.75 Å². The van der Waals surface area contributed by atoms with E-state index in [1.54, 1.807) is 7.11 Å². The van der Waals surface area contributed by atoms with Gasteiger partial charge in [-0.3, -0.25) is 0 Å². The molecule has 21 heavy (non-hydrogen) atoms. The molecule has 0 spiro atoms. The summed E-state index contributed by atoms with van der Waals surface area (Å²) in [4.78, 5) is 0. The Hall–Kier alpha value is -1.06. The van der Waals surface area contributed by atoms with Crippen molar-refractivity contribution in [3.05, 3.63) is 29.3 Å². The van der Waals surface area contributed by atoms with E-state index in [2.05, 4.69) is 13.0 Å². The van der Waals surface area contributed by atoms with Gasteiger partial charge in [-0.15, -0.1) is 0 Å². The number of hydrogen-bond donors (Lipinski definition) is 1. The lowest BCUT2D eigenvalue weighted by atomic mass is 9.85. The Bertz CT molecular complexity index is 445. The van der Waals surface area contributed by atoms with E-state index in [0.717, 1.165) is 22.8 Å². The normalized spacial score (nSPS) is 23.8. The van der Waals surface area contributed by atoms with Gasteiger partial charge in [0.15, 0.2) is 0 Å². The summed E-state index contributed by atoms with van der Waals surface area (Å²) in [7, 11) is 1.71. The molecule has 0 aromatic heterocycles. The molecule has 1 saturated carbocycles. The van der Waals surface area contributed by atoms with Crippen LogP contribution in [0.2, 0.25) is 0 Å². The smallest absolute Gasteiger partial charge is 0.124 e. The second-order valence-electron chi connectivity index (χ2n) is 6.23. The van der Waals surface area contributed by atoms with Crippen molar-refractivity contribution in [2.75, 3.05) is 7.11 Å². The van der Waals surface area contributed by atoms with Crippen LogP contribution in [-0.2, 0) is 11.3 Å². The van der Waals surface area contributed by atoms with Gasteiger partial charge in [0, 0.05) is 11.6 Å². The summed E-state index contributed by atoms with van der Waals surface area (Å²) in [5, 5.41) is 0. The van der Waals surface area contributed by atoms with E-state index < -0.39 is 0 Å². The van der Waals surface area contributed by atoms with Gasteiger partial charge in [-0.05, 0) is 43.4 Å². The van der Waals surface area contributed by atoms with Gasteiger partial charge in [-0.2, -0.15) is 0 Å². The molecule has 3 nitrogen and oxygen atoms in total. The highest BCUT2D eigenvalue weighted by atomic mass is 16.5. The van der Waals surface area contributed by atoms with Gasteiger partial charge in [0.25, 0.3) is 0 Å². The first-order valence-corrected chi connectivity index (χ1v) is 8.18. The van der Waals surface area contributed by atoms with Crippen LogP contribution in [0.15, 0.2) is 18.2 Å². The third-order valence-corrected chi connectivity index (χ3v) is 4.62. The molecule has 0 aliphatic heterocycles. The fourth-order valence-corrected chi connectivity index (χ4v) is 3.17. The van der Waals surface area contributed by atoms with Crippen molar-refractivity contribution in [3.63, 3.8) is 0 Å². The van der Waals surface area contributed by atoms with Crippen molar-refractivity contribution in [3.8, 4) is 5.75 Å². The number of hydrogen-bond acceptors (Lipinski definition) is 3. The SMILES string of the molecule is CCC1CCCC(OCc2cc(C(C)N)ccc2OC)C1. The summed E-state index contributed by atoms with van der Waals surface area (Å²) in [5.41, 5.74) is 8.20. The van der Waals surface area contributed by atoms with Gasteiger partial charge in [0.05, 0.1) is 19.8 Å². The number of rotatable bonds is 6. The van der Waals surface area contributed by atoms with E-state index in [9.17, 15) is 0 Å². The Labute approximate surface area is 128 Å². The van der Waals surface area contributed by atoms with Gasteiger partial charge in [-0.25, -0.2) is 0 Å². The first-order chi connectivity index (χ1) is 10.1. The maximum absolute atomic E-state index is 6.16. The molecule has 1 fully saturated rings. The van der Waals surface area contributed by atoms with Gasteiger partial charge >= 0.3 is 0 Å². The van der Waals surface area contributed by atoms with Crippen molar-refractivity contribution in [1.82, 2.24) is 0 Å². The Morgan fingerprint density at radius 1 is 1.33 bits per heavy atom. The fourth-order valence-electron chi connectivity index (χ4n) is 3.17. The van der Waals surface area contributed by atoms with Gasteiger partial charge in [0.2, 0.25) is 0 Å². The quantitative estimate of drug-likeness (QED) is 0.854. The van der Waals surface area contributed by atoms with Crippen LogP contribution in [0.1, 0.15) is 63.1 Å². The molecule has 3 unspecified atom stereocenters. The molecule has 0 heterocycles. The topological polar surface area (TPSA) is 44.5 Å². The predicted molar refractivity (Wildman–Crippen MR) is 86.4 cm³/mol. The van der Waals surface area contributed by atoms with Crippen LogP contribution in [0.3, 0.4) is 0 Å². The molecule has 3 heteroatoms. The number of nitrogens with two attached hydrogens (primary N) is 1. The largest absolute Gasteiger partial charge is 0.496 e. The van der Waals surface area contributed by atoms with Crippen molar-refractivity contribution < 1.29 is 9.47 Å². The molecule has 2 rings (SSSR count). The molecule has 0 saturated heterocycles. The highest BCUT2D eigenvalue weighted by molar-refractivity contribution is 5.37. The molecular formula is C18H29NO2. The van der Waals surface area contributed by atoms with Gasteiger partial charge < -0.3 is 15.2 Å². The zero-order valence-corrected chi connectivity index (χ0v) is 13.6. The number of ether oxygens (including phenoxy) is 2. The maximum atomic E-state index is 6.16. The highest BCUT2D eigenvalue weighted by Gasteiger charge is 2.21. The minimum atomic E-state index is 0.0359. The lowest BCUT2D eigenvalue weighted by molar-refractivity contribution is 0.00104. The summed E-state index contributed by atoms with van der Waals surface area (Å²) in [6.45, 7) is 4.90. The predicted octanol–water partition coefficient (Wildman–Crippen LogP) is 4.20. The molecule has 1 aromatic rings. The van der Waals surface area contributed by atoms with Crippen molar-refractivity contribution in [2.24, 2.45) is 11.7 Å². The molecule has 1 aromatic carbocycles. The van der Waals surface area contributed by atoms with E-state index >= 15 is 0 Å². The summed E-state index contributed by atoms with van der Waals surface area (Å²) in [6, 6.07) is 6.17. The standard InChI is InChI=1S/C18H29NO2/c1-4-14-6-5-7-17(10-14)21-12-16-11-15(13(2)19)8-9-18(16)20-3/h8-9,11,13-14,17H,4-7,10,12,19H2,1-3H3. The average molecular weight is 291 g/mol. The summed E-state index contributed by atoms with van der Waals surface area (Å²) >= 11 is 0. The Balaban J connectivity index is 1.99. The number of methoxy groups -OCH3 is 1. The fraction of sp³-hybridized carbons (Fsp3) is 0.667. The lowest BCUT2D eigenvalue weighted by Crippen LogP contribution is -2.22. The van der Waals surface area contributed by atoms with Crippen molar-refractivity contribution in [2.45, 2.75) is 64.7 Å². The van der Waals surface area contributed by atoms with E-state index in [4.69, 9.17) is 15.2 Å². The van der Waals surface area contributed by atoms with Gasteiger partial charge in [-0.1, -0.05) is 32.3 Å². The minimum absolute atomic E-state index is 0.0359. The maximum Gasteiger partial charge on any atom is 0.124 e. The number of benzene rings is 1. The minimum Gasteiger partial charge on any atom is -0.496 e. The van der Waals surface area contributed by atoms with Crippen LogP contribution in [-0.4, -0.2) is 13.2 Å². The Morgan fingerprint density at radius 2 is 2.14 bits per heavy atom. The van der Waals surface area contributed by atoms with Crippen LogP contribution >= 0.6 is 0 Å². The molecular weight excluding hydrogens is 262 g/mol. The van der Waals surface area contributed by atoms with Crippen LogP contribution in [0.25, 0.3) is 0 Å². The molecule has 0 amide bonds. The second kappa shape index (κ2) is 7.81. The molecule has 1 aliphatic carbocycles. The zero-order valence-electron chi connectivity index (χ0n) is 13.6. The molecule has 0 radical (unpaired) electrons. The summed E-state index contributed by atoms with van der Waals surface area (Å²) in [6.07, 6.45) is 6.70. The molecule has 0 bridgehead atoms. The first kappa shape index (κ1) is 16.3. The molecule has 1 aliphatic rings. The van der Waals surface area contributed by atoms with Crippen molar-refractivity contribution >= 4 is 0 Å². The monoisotopic (exact) mass is 291 g/mol. The average Bonchev–Trinajstić information content (AvgIpc) is 2.52. The third kappa shape index (κ3) is 4.45. The van der Waals surface area contributed by atoms with E-state index in [-0.39, 0.29) is 6.04 Å². The highest BCUT2D eigenvalue weighted by Crippen LogP contribution is 2.30. The molecule has 2 N–H and O–H groups in total. The lowest BCUT2D eigenvalue weighted by Gasteiger charge is -2.28. The summed E-state index contributed by atoms with van der Waals surface area (Å²) in [5.74, 6) is 1.73. The van der Waals surface area contributed by atoms with Crippen LogP contribution in [0, 0.1) is 5.92 Å². The van der Waals surface area contributed by atoms with Crippen LogP contribution in [0.5, 0.6) is 5.75 Å². The molecule has 118 valence electrons. The van der Waals surface area contributed by atoms with Crippen molar-refractivity contribution in [1.29, 1.82) is 0 Å². The first-order valence-electron chi connectivity index (χ1n) is 8.18. The van der Waals surface area contributed by atoms with E-state index in [1.807, 2.05) is 19.1 Å². The van der Waals surface area contributed by atoms with Crippen LogP contribution < -0.4 is 10.5 Å². The second-order valence-corrected chi connectivity index (χ2v) is 6.23.